The monoisotopic (exact) mass is 381 g/mol. The van der Waals surface area contributed by atoms with E-state index in [2.05, 4.69) is 21.8 Å². The van der Waals surface area contributed by atoms with Crippen molar-refractivity contribution in [3.05, 3.63) is 76.0 Å². The summed E-state index contributed by atoms with van der Waals surface area (Å²) in [6, 6.07) is 11.4. The fourth-order valence-corrected chi connectivity index (χ4v) is 3.41. The van der Waals surface area contributed by atoms with Crippen molar-refractivity contribution in [1.82, 2.24) is 9.97 Å². The molecule has 0 spiro atoms. The van der Waals surface area contributed by atoms with Crippen LogP contribution in [0.4, 0.5) is 5.82 Å². The number of anilines is 1. The first-order chi connectivity index (χ1) is 13.8. The van der Waals surface area contributed by atoms with Gasteiger partial charge in [0.15, 0.2) is 5.82 Å². The molecule has 0 bridgehead atoms. The Hall–Kier alpha value is -3.91. The van der Waals surface area contributed by atoms with Crippen LogP contribution in [0.15, 0.2) is 42.6 Å². The molecule has 0 amide bonds. The van der Waals surface area contributed by atoms with E-state index in [1.54, 1.807) is 25.3 Å². The van der Waals surface area contributed by atoms with Crippen LogP contribution >= 0.6 is 0 Å². The van der Waals surface area contributed by atoms with Crippen LogP contribution in [0.3, 0.4) is 0 Å². The van der Waals surface area contributed by atoms with E-state index >= 15 is 0 Å². The number of carboxylic acid groups (broad SMARTS) is 1. The van der Waals surface area contributed by atoms with Crippen molar-refractivity contribution < 1.29 is 9.90 Å². The number of fused-ring (bicyclic) bond motifs is 3. The van der Waals surface area contributed by atoms with Gasteiger partial charge >= 0.3 is 5.97 Å². The number of hydrogen-bond acceptors (Lipinski definition) is 4. The minimum absolute atomic E-state index is 0.296. The SMILES string of the molecule is Cc1ccc2c(c1)nc(N)c1ncc(C#Cc3ccc(C(=O)O)c(C)c3C)cc12. The number of carboxylic acids is 1. The van der Waals surface area contributed by atoms with Crippen molar-refractivity contribution in [3.63, 3.8) is 0 Å². The lowest BCUT2D eigenvalue weighted by molar-refractivity contribution is 0.0696. The van der Waals surface area contributed by atoms with Crippen LogP contribution < -0.4 is 5.73 Å². The Bertz CT molecular complexity index is 1380. The van der Waals surface area contributed by atoms with Crippen LogP contribution in [0.1, 0.15) is 38.2 Å². The van der Waals surface area contributed by atoms with E-state index in [1.807, 2.05) is 38.1 Å². The average Bonchev–Trinajstić information content (AvgIpc) is 2.68. The number of carbonyl (C=O) groups is 1. The second kappa shape index (κ2) is 6.92. The number of rotatable bonds is 1. The molecule has 4 aromatic rings. The van der Waals surface area contributed by atoms with Crippen LogP contribution in [-0.4, -0.2) is 21.0 Å². The molecule has 142 valence electrons. The molecule has 2 aromatic carbocycles. The Morgan fingerprint density at radius 2 is 1.79 bits per heavy atom. The van der Waals surface area contributed by atoms with Gasteiger partial charge in [-0.2, -0.15) is 0 Å². The lowest BCUT2D eigenvalue weighted by Crippen LogP contribution is -2.02. The first kappa shape index (κ1) is 18.5. The first-order valence-electron chi connectivity index (χ1n) is 9.16. The van der Waals surface area contributed by atoms with Crippen molar-refractivity contribution in [2.24, 2.45) is 0 Å². The van der Waals surface area contributed by atoms with Gasteiger partial charge in [-0.1, -0.05) is 24.0 Å². The summed E-state index contributed by atoms with van der Waals surface area (Å²) in [6.07, 6.45) is 1.68. The highest BCUT2D eigenvalue weighted by molar-refractivity contribution is 6.08. The minimum atomic E-state index is -0.933. The van der Waals surface area contributed by atoms with E-state index in [-0.39, 0.29) is 0 Å². The molecular weight excluding hydrogens is 362 g/mol. The zero-order valence-electron chi connectivity index (χ0n) is 16.4. The van der Waals surface area contributed by atoms with E-state index in [0.717, 1.165) is 44.1 Å². The fraction of sp³-hybridized carbons (Fsp3) is 0.125. The molecule has 0 saturated carbocycles. The zero-order chi connectivity index (χ0) is 20.7. The summed E-state index contributed by atoms with van der Waals surface area (Å²) in [5, 5.41) is 11.1. The average molecular weight is 381 g/mol. The lowest BCUT2D eigenvalue weighted by Gasteiger charge is -2.07. The standard InChI is InChI=1S/C24H19N3O2/c1-13-4-8-19-20-11-16(12-26-22(20)23(25)27-21(19)10-13)5-6-17-7-9-18(24(28)29)15(3)14(17)2/h4,7-12H,1-3H3,(H2,25,27)(H,28,29). The zero-order valence-corrected chi connectivity index (χ0v) is 16.4. The number of nitrogens with zero attached hydrogens (tertiary/aromatic N) is 2. The van der Waals surface area contributed by atoms with Gasteiger partial charge in [0.1, 0.15) is 5.52 Å². The maximum absolute atomic E-state index is 11.3. The number of pyridine rings is 2. The van der Waals surface area contributed by atoms with Crippen molar-refractivity contribution in [1.29, 1.82) is 0 Å². The summed E-state index contributed by atoms with van der Waals surface area (Å²) in [5.74, 6) is 5.75. The Kier molecular flexibility index (Phi) is 4.40. The highest BCUT2D eigenvalue weighted by Gasteiger charge is 2.11. The number of aromatic carboxylic acids is 1. The molecule has 0 unspecified atom stereocenters. The molecule has 0 aliphatic heterocycles. The largest absolute Gasteiger partial charge is 0.478 e. The smallest absolute Gasteiger partial charge is 0.335 e. The molecule has 5 heteroatoms. The van der Waals surface area contributed by atoms with Gasteiger partial charge in [0.05, 0.1) is 11.1 Å². The van der Waals surface area contributed by atoms with Crippen LogP contribution in [0.25, 0.3) is 21.8 Å². The van der Waals surface area contributed by atoms with Crippen molar-refractivity contribution in [3.8, 4) is 11.8 Å². The maximum atomic E-state index is 11.3. The Morgan fingerprint density at radius 1 is 1.00 bits per heavy atom. The molecule has 5 nitrogen and oxygen atoms in total. The van der Waals surface area contributed by atoms with Gasteiger partial charge < -0.3 is 10.8 Å². The third-order valence-corrected chi connectivity index (χ3v) is 5.17. The molecular formula is C24H19N3O2. The molecule has 0 aliphatic rings. The molecule has 2 heterocycles. The van der Waals surface area contributed by atoms with Gasteiger partial charge in [-0.3, -0.25) is 4.98 Å². The predicted octanol–water partition coefficient (Wildman–Crippen LogP) is 4.39. The molecule has 0 aliphatic carbocycles. The molecule has 0 atom stereocenters. The van der Waals surface area contributed by atoms with E-state index in [9.17, 15) is 9.90 Å². The number of aromatic nitrogens is 2. The number of nitrogens with two attached hydrogens (primary N) is 1. The van der Waals surface area contributed by atoms with E-state index in [1.165, 1.54) is 0 Å². The lowest BCUT2D eigenvalue weighted by atomic mass is 9.98. The Labute approximate surface area is 168 Å². The number of benzene rings is 2. The summed E-state index contributed by atoms with van der Waals surface area (Å²) in [5.41, 5.74) is 12.1. The molecule has 2 aromatic heterocycles. The first-order valence-corrected chi connectivity index (χ1v) is 9.16. The molecule has 0 radical (unpaired) electrons. The van der Waals surface area contributed by atoms with Gasteiger partial charge in [0.2, 0.25) is 0 Å². The van der Waals surface area contributed by atoms with Gasteiger partial charge in [-0.05, 0) is 61.7 Å². The predicted molar refractivity (Wildman–Crippen MR) is 115 cm³/mol. The number of nitrogen functional groups attached to an aromatic ring is 1. The minimum Gasteiger partial charge on any atom is -0.478 e. The summed E-state index contributed by atoms with van der Waals surface area (Å²) < 4.78 is 0. The quantitative estimate of drug-likeness (QED) is 0.377. The van der Waals surface area contributed by atoms with Gasteiger partial charge in [0.25, 0.3) is 0 Å². The third-order valence-electron chi connectivity index (χ3n) is 5.17. The van der Waals surface area contributed by atoms with E-state index in [4.69, 9.17) is 5.73 Å². The maximum Gasteiger partial charge on any atom is 0.335 e. The van der Waals surface area contributed by atoms with Crippen LogP contribution in [-0.2, 0) is 0 Å². The van der Waals surface area contributed by atoms with E-state index < -0.39 is 5.97 Å². The van der Waals surface area contributed by atoms with Crippen molar-refractivity contribution in [2.75, 3.05) is 5.73 Å². The van der Waals surface area contributed by atoms with Gasteiger partial charge in [-0.15, -0.1) is 0 Å². The number of aryl methyl sites for hydroxylation is 1. The highest BCUT2D eigenvalue weighted by atomic mass is 16.4. The Balaban J connectivity index is 1.84. The third kappa shape index (κ3) is 3.26. The molecule has 0 saturated heterocycles. The van der Waals surface area contributed by atoms with Crippen molar-refractivity contribution >= 4 is 33.6 Å². The molecule has 29 heavy (non-hydrogen) atoms. The van der Waals surface area contributed by atoms with Crippen molar-refractivity contribution in [2.45, 2.75) is 20.8 Å². The number of hydrogen-bond donors (Lipinski definition) is 2. The molecule has 3 N–H and O–H groups in total. The summed E-state index contributed by atoms with van der Waals surface area (Å²) in [7, 11) is 0. The second-order valence-corrected chi connectivity index (χ2v) is 7.10. The summed E-state index contributed by atoms with van der Waals surface area (Å²) >= 11 is 0. The van der Waals surface area contributed by atoms with E-state index in [0.29, 0.717) is 16.9 Å². The Morgan fingerprint density at radius 3 is 2.55 bits per heavy atom. The van der Waals surface area contributed by atoms with Crippen LogP contribution in [0.5, 0.6) is 0 Å². The fourth-order valence-electron chi connectivity index (χ4n) is 3.41. The molecule has 4 rings (SSSR count). The topological polar surface area (TPSA) is 89.1 Å². The summed E-state index contributed by atoms with van der Waals surface area (Å²) in [6.45, 7) is 5.69. The highest BCUT2D eigenvalue weighted by Crippen LogP contribution is 2.27. The normalized spacial score (nSPS) is 10.7. The summed E-state index contributed by atoms with van der Waals surface area (Å²) in [4.78, 5) is 20.2. The van der Waals surface area contributed by atoms with Gasteiger partial charge in [0, 0.05) is 28.1 Å². The van der Waals surface area contributed by atoms with Gasteiger partial charge in [-0.25, -0.2) is 9.78 Å². The second-order valence-electron chi connectivity index (χ2n) is 7.10. The molecule has 0 fully saturated rings. The van der Waals surface area contributed by atoms with Crippen LogP contribution in [0.2, 0.25) is 0 Å². The van der Waals surface area contributed by atoms with Crippen LogP contribution in [0, 0.1) is 32.6 Å².